The van der Waals surface area contributed by atoms with E-state index >= 15 is 0 Å². The van der Waals surface area contributed by atoms with Crippen LogP contribution >= 0.6 is 23.1 Å². The predicted molar refractivity (Wildman–Crippen MR) is 131 cm³/mol. The number of amides is 1. The zero-order valence-electron chi connectivity index (χ0n) is 18.3. The normalized spacial score (nSPS) is 12.1. The van der Waals surface area contributed by atoms with Crippen LogP contribution in [-0.4, -0.2) is 35.1 Å². The van der Waals surface area contributed by atoms with E-state index in [-0.39, 0.29) is 24.0 Å². The molecule has 3 heterocycles. The Hall–Kier alpha value is -3.50. The highest BCUT2D eigenvalue weighted by molar-refractivity contribution is 7.99. The minimum absolute atomic E-state index is 0.119. The number of hydrogen-bond donors (Lipinski definition) is 1. The summed E-state index contributed by atoms with van der Waals surface area (Å²) in [7, 11) is 1.61. The highest BCUT2D eigenvalue weighted by Crippen LogP contribution is 2.32. The van der Waals surface area contributed by atoms with Gasteiger partial charge in [-0.1, -0.05) is 30.0 Å². The van der Waals surface area contributed by atoms with Crippen LogP contribution in [0.2, 0.25) is 0 Å². The maximum absolute atomic E-state index is 13.2. The van der Waals surface area contributed by atoms with E-state index in [0.717, 1.165) is 11.1 Å². The number of fused-ring (bicyclic) bond motifs is 2. The summed E-state index contributed by atoms with van der Waals surface area (Å²) in [6.07, 6.45) is 0. The number of hydrogen-bond acceptors (Lipinski definition) is 8. The van der Waals surface area contributed by atoms with Crippen LogP contribution < -0.4 is 25.1 Å². The van der Waals surface area contributed by atoms with Crippen LogP contribution in [0.4, 0.5) is 0 Å². The lowest BCUT2D eigenvalue weighted by Crippen LogP contribution is -2.26. The number of aromatic nitrogens is 2. The van der Waals surface area contributed by atoms with Crippen molar-refractivity contribution in [3.05, 3.63) is 75.4 Å². The van der Waals surface area contributed by atoms with Crippen molar-refractivity contribution in [1.82, 2.24) is 14.9 Å². The second kappa shape index (κ2) is 9.78. The summed E-state index contributed by atoms with van der Waals surface area (Å²) in [5.41, 5.74) is 2.34. The molecule has 5 rings (SSSR count). The summed E-state index contributed by atoms with van der Waals surface area (Å²) in [6, 6.07) is 14.9. The van der Waals surface area contributed by atoms with Gasteiger partial charge in [0.25, 0.3) is 5.56 Å². The van der Waals surface area contributed by atoms with Gasteiger partial charge >= 0.3 is 0 Å². The van der Waals surface area contributed by atoms with Crippen LogP contribution in [0.15, 0.2) is 63.9 Å². The average Bonchev–Trinajstić information content (AvgIpc) is 3.52. The van der Waals surface area contributed by atoms with Gasteiger partial charge in [0.05, 0.1) is 24.9 Å². The van der Waals surface area contributed by atoms with Gasteiger partial charge in [-0.3, -0.25) is 14.2 Å². The van der Waals surface area contributed by atoms with Crippen LogP contribution in [0.3, 0.4) is 0 Å². The number of nitrogens with one attached hydrogen (secondary N) is 1. The third-order valence-electron chi connectivity index (χ3n) is 5.26. The smallest absolute Gasteiger partial charge is 0.272 e. The van der Waals surface area contributed by atoms with Gasteiger partial charge in [0, 0.05) is 6.54 Å². The molecule has 1 amide bonds. The first-order valence-corrected chi connectivity index (χ1v) is 12.4. The quantitative estimate of drug-likeness (QED) is 0.295. The monoisotopic (exact) mass is 495 g/mol. The number of methoxy groups -OCH3 is 1. The summed E-state index contributed by atoms with van der Waals surface area (Å²) in [6.45, 7) is 0.905. The molecule has 0 radical (unpaired) electrons. The Kier molecular flexibility index (Phi) is 6.41. The standard InChI is InChI=1S/C24H21N3O5S2/c1-30-17-4-2-3-16(9-17)12-27-23(29)22-18(7-8-33-22)26-24(27)34-13-21(28)25-11-15-5-6-19-20(10-15)32-14-31-19/h2-10H,11-14H2,1H3,(H,25,28). The van der Waals surface area contributed by atoms with Crippen molar-refractivity contribution in [1.29, 1.82) is 0 Å². The number of benzene rings is 2. The van der Waals surface area contributed by atoms with Crippen molar-refractivity contribution >= 4 is 39.2 Å². The number of nitrogens with zero attached hydrogens (tertiary/aromatic N) is 2. The molecule has 2 aromatic carbocycles. The minimum Gasteiger partial charge on any atom is -0.497 e. The first-order chi connectivity index (χ1) is 16.6. The lowest BCUT2D eigenvalue weighted by Gasteiger charge is -2.13. The van der Waals surface area contributed by atoms with Gasteiger partial charge in [-0.25, -0.2) is 4.98 Å². The molecule has 0 fully saturated rings. The number of thioether (sulfide) groups is 1. The molecule has 174 valence electrons. The van der Waals surface area contributed by atoms with Crippen LogP contribution in [-0.2, 0) is 17.9 Å². The highest BCUT2D eigenvalue weighted by atomic mass is 32.2. The third kappa shape index (κ3) is 4.73. The molecule has 0 bridgehead atoms. The van der Waals surface area contributed by atoms with Crippen molar-refractivity contribution < 1.29 is 19.0 Å². The van der Waals surface area contributed by atoms with E-state index in [1.807, 2.05) is 53.9 Å². The molecule has 8 nitrogen and oxygen atoms in total. The van der Waals surface area contributed by atoms with Crippen LogP contribution in [0, 0.1) is 0 Å². The molecular formula is C24H21N3O5S2. The zero-order valence-corrected chi connectivity index (χ0v) is 19.9. The number of carbonyl (C=O) groups is 1. The highest BCUT2D eigenvalue weighted by Gasteiger charge is 2.16. The molecule has 0 saturated carbocycles. The van der Waals surface area contributed by atoms with Gasteiger partial charge in [0.15, 0.2) is 16.7 Å². The summed E-state index contributed by atoms with van der Waals surface area (Å²) in [4.78, 5) is 30.4. The van der Waals surface area contributed by atoms with Crippen molar-refractivity contribution in [2.45, 2.75) is 18.2 Å². The van der Waals surface area contributed by atoms with Gasteiger partial charge in [-0.05, 0) is 46.8 Å². The van der Waals surface area contributed by atoms with Crippen LogP contribution in [0.5, 0.6) is 17.2 Å². The molecule has 2 aromatic heterocycles. The Morgan fingerprint density at radius 1 is 1.18 bits per heavy atom. The number of carbonyl (C=O) groups excluding carboxylic acids is 1. The van der Waals surface area contributed by atoms with E-state index < -0.39 is 0 Å². The molecule has 0 unspecified atom stereocenters. The van der Waals surface area contributed by atoms with Gasteiger partial charge in [0.1, 0.15) is 10.4 Å². The molecule has 34 heavy (non-hydrogen) atoms. The Morgan fingerprint density at radius 3 is 2.94 bits per heavy atom. The second-order valence-corrected chi connectivity index (χ2v) is 9.38. The topological polar surface area (TPSA) is 91.7 Å². The largest absolute Gasteiger partial charge is 0.497 e. The van der Waals surface area contributed by atoms with Gasteiger partial charge in [-0.2, -0.15) is 0 Å². The first-order valence-electron chi connectivity index (χ1n) is 10.5. The van der Waals surface area contributed by atoms with Gasteiger partial charge < -0.3 is 19.5 Å². The van der Waals surface area contributed by atoms with E-state index in [0.29, 0.717) is 45.7 Å². The molecule has 4 aromatic rings. The SMILES string of the molecule is COc1cccc(Cn2c(SCC(=O)NCc3ccc4c(c3)OCO4)nc3ccsc3c2=O)c1. The molecule has 1 aliphatic heterocycles. The van der Waals surface area contributed by atoms with Crippen molar-refractivity contribution in [3.63, 3.8) is 0 Å². The summed E-state index contributed by atoms with van der Waals surface area (Å²) >= 11 is 2.61. The maximum atomic E-state index is 13.2. The third-order valence-corrected chi connectivity index (χ3v) is 7.13. The van der Waals surface area contributed by atoms with E-state index in [4.69, 9.17) is 14.2 Å². The van der Waals surface area contributed by atoms with E-state index in [9.17, 15) is 9.59 Å². The molecule has 10 heteroatoms. The van der Waals surface area contributed by atoms with Crippen molar-refractivity contribution in [2.75, 3.05) is 19.7 Å². The molecular weight excluding hydrogens is 474 g/mol. The first kappa shape index (κ1) is 22.3. The number of ether oxygens (including phenoxy) is 3. The zero-order chi connectivity index (χ0) is 23.5. The number of rotatable bonds is 8. The summed E-state index contributed by atoms with van der Waals surface area (Å²) < 4.78 is 18.2. The molecule has 1 N–H and O–H groups in total. The Morgan fingerprint density at radius 2 is 2.06 bits per heavy atom. The van der Waals surface area contributed by atoms with Crippen LogP contribution in [0.25, 0.3) is 10.2 Å². The van der Waals surface area contributed by atoms with E-state index in [1.54, 1.807) is 11.7 Å². The predicted octanol–water partition coefficient (Wildman–Crippen LogP) is 3.65. The Labute approximate surface area is 203 Å². The molecule has 0 saturated heterocycles. The maximum Gasteiger partial charge on any atom is 0.272 e. The Balaban J connectivity index is 1.30. The van der Waals surface area contributed by atoms with Gasteiger partial charge in [0.2, 0.25) is 12.7 Å². The fraction of sp³-hybridized carbons (Fsp3) is 0.208. The van der Waals surface area contributed by atoms with Crippen molar-refractivity contribution in [3.8, 4) is 17.2 Å². The van der Waals surface area contributed by atoms with Crippen molar-refractivity contribution in [2.24, 2.45) is 0 Å². The number of thiophene rings is 1. The van der Waals surface area contributed by atoms with E-state index in [2.05, 4.69) is 10.3 Å². The Bertz CT molecular complexity index is 1420. The second-order valence-electron chi connectivity index (χ2n) is 7.53. The van der Waals surface area contributed by atoms with E-state index in [1.165, 1.54) is 23.1 Å². The molecule has 0 spiro atoms. The molecule has 1 aliphatic rings. The lowest BCUT2D eigenvalue weighted by atomic mass is 10.2. The lowest BCUT2D eigenvalue weighted by molar-refractivity contribution is -0.118. The molecule has 0 aliphatic carbocycles. The fourth-order valence-corrected chi connectivity index (χ4v) is 5.17. The minimum atomic E-state index is -0.157. The summed E-state index contributed by atoms with van der Waals surface area (Å²) in [5.74, 6) is 2.07. The average molecular weight is 496 g/mol. The summed E-state index contributed by atoms with van der Waals surface area (Å²) in [5, 5.41) is 5.25. The molecule has 0 atom stereocenters. The van der Waals surface area contributed by atoms with Gasteiger partial charge in [-0.15, -0.1) is 11.3 Å². The fourth-order valence-electron chi connectivity index (χ4n) is 3.56. The van der Waals surface area contributed by atoms with Crippen LogP contribution in [0.1, 0.15) is 11.1 Å².